The van der Waals surface area contributed by atoms with Crippen LogP contribution in [0.2, 0.25) is 0 Å². The maximum atomic E-state index is 5.59. The molecule has 0 amide bonds. The molecule has 0 radical (unpaired) electrons. The smallest absolute Gasteiger partial charge is 0.208 e. The molecule has 19 heavy (non-hydrogen) atoms. The minimum Gasteiger partial charge on any atom is -0.383 e. The van der Waals surface area contributed by atoms with Crippen molar-refractivity contribution in [2.45, 2.75) is 44.9 Å². The largest absolute Gasteiger partial charge is 0.383 e. The van der Waals surface area contributed by atoms with Crippen LogP contribution >= 0.6 is 0 Å². The van der Waals surface area contributed by atoms with Crippen LogP contribution in [0.5, 0.6) is 0 Å². The molecule has 0 atom stereocenters. The molecule has 3 N–H and O–H groups in total. The number of methoxy groups -OCH3 is 1. The number of piperidine rings is 1. The van der Waals surface area contributed by atoms with Crippen molar-refractivity contribution in [2.24, 2.45) is 16.3 Å². The van der Waals surface area contributed by atoms with Crippen molar-refractivity contribution in [3.05, 3.63) is 0 Å². The first-order valence-electron chi connectivity index (χ1n) is 7.55. The molecule has 0 aromatic rings. The first-order chi connectivity index (χ1) is 9.29. The van der Waals surface area contributed by atoms with Gasteiger partial charge in [0.1, 0.15) is 0 Å². The van der Waals surface area contributed by atoms with E-state index in [1.54, 1.807) is 7.11 Å². The van der Waals surface area contributed by atoms with E-state index in [9.17, 15) is 0 Å². The van der Waals surface area contributed by atoms with Crippen LogP contribution in [0.4, 0.5) is 0 Å². The van der Waals surface area contributed by atoms with Crippen LogP contribution in [0.15, 0.2) is 4.99 Å². The third kappa shape index (κ3) is 3.83. The molecule has 1 spiro atoms. The zero-order valence-corrected chi connectivity index (χ0v) is 12.2. The highest BCUT2D eigenvalue weighted by molar-refractivity contribution is 5.79. The van der Waals surface area contributed by atoms with E-state index in [1.165, 1.54) is 44.9 Å². The summed E-state index contributed by atoms with van der Waals surface area (Å²) in [6.07, 6.45) is 9.70. The van der Waals surface area contributed by atoms with E-state index in [-0.39, 0.29) is 0 Å². The maximum absolute atomic E-state index is 5.59. The van der Waals surface area contributed by atoms with Crippen molar-refractivity contribution in [1.29, 1.82) is 0 Å². The number of guanidine groups is 1. The fourth-order valence-electron chi connectivity index (χ4n) is 3.47. The Morgan fingerprint density at radius 3 is 2.47 bits per heavy atom. The number of rotatable bonds is 3. The van der Waals surface area contributed by atoms with Crippen LogP contribution < -0.4 is 11.3 Å². The molecule has 2 aliphatic rings. The zero-order chi connectivity index (χ0) is 13.6. The van der Waals surface area contributed by atoms with Gasteiger partial charge in [0.25, 0.3) is 0 Å². The Hall–Kier alpha value is -0.810. The van der Waals surface area contributed by atoms with E-state index < -0.39 is 0 Å². The van der Waals surface area contributed by atoms with Gasteiger partial charge in [-0.3, -0.25) is 5.43 Å². The molecule has 5 nitrogen and oxygen atoms in total. The molecule has 0 unspecified atom stereocenters. The zero-order valence-electron chi connectivity index (χ0n) is 12.2. The Labute approximate surface area is 116 Å². The summed E-state index contributed by atoms with van der Waals surface area (Å²) in [7, 11) is 1.69. The van der Waals surface area contributed by atoms with E-state index in [0.717, 1.165) is 19.0 Å². The summed E-state index contributed by atoms with van der Waals surface area (Å²) in [5.74, 6) is 6.41. The fourth-order valence-corrected chi connectivity index (χ4v) is 3.47. The third-order valence-electron chi connectivity index (χ3n) is 4.72. The fraction of sp³-hybridized carbons (Fsp3) is 0.929. The average molecular weight is 268 g/mol. The molecule has 110 valence electrons. The lowest BCUT2D eigenvalue weighted by Crippen LogP contribution is -2.50. The SMILES string of the molecule is COCCN=C(NN)N1CCC2(CCCCC2)CC1. The van der Waals surface area contributed by atoms with E-state index in [1.807, 2.05) is 0 Å². The van der Waals surface area contributed by atoms with E-state index in [0.29, 0.717) is 18.6 Å². The minimum absolute atomic E-state index is 0.626. The van der Waals surface area contributed by atoms with Crippen LogP contribution in [0.25, 0.3) is 0 Å². The van der Waals surface area contributed by atoms with Gasteiger partial charge in [0, 0.05) is 20.2 Å². The second kappa shape index (κ2) is 7.10. The summed E-state index contributed by atoms with van der Waals surface area (Å²) in [5, 5.41) is 0. The van der Waals surface area contributed by atoms with Gasteiger partial charge in [-0.1, -0.05) is 19.3 Å². The number of ether oxygens (including phenoxy) is 1. The van der Waals surface area contributed by atoms with Gasteiger partial charge >= 0.3 is 0 Å². The van der Waals surface area contributed by atoms with Gasteiger partial charge in [-0.2, -0.15) is 0 Å². The monoisotopic (exact) mass is 268 g/mol. The number of nitrogens with one attached hydrogen (secondary N) is 1. The molecule has 0 aromatic heterocycles. The number of nitrogens with zero attached hydrogens (tertiary/aromatic N) is 2. The van der Waals surface area contributed by atoms with Crippen LogP contribution in [0, 0.1) is 5.41 Å². The molecule has 5 heteroatoms. The van der Waals surface area contributed by atoms with Crippen molar-refractivity contribution in [1.82, 2.24) is 10.3 Å². The second-order valence-electron chi connectivity index (χ2n) is 5.89. The van der Waals surface area contributed by atoms with Crippen LogP contribution in [-0.4, -0.2) is 44.2 Å². The lowest BCUT2D eigenvalue weighted by atomic mass is 9.68. The summed E-state index contributed by atoms with van der Waals surface area (Å²) in [6.45, 7) is 3.46. The summed E-state index contributed by atoms with van der Waals surface area (Å²) < 4.78 is 5.02. The summed E-state index contributed by atoms with van der Waals surface area (Å²) in [4.78, 5) is 6.76. The minimum atomic E-state index is 0.626. The molecule has 1 saturated carbocycles. The van der Waals surface area contributed by atoms with Gasteiger partial charge in [-0.05, 0) is 31.1 Å². The maximum Gasteiger partial charge on any atom is 0.208 e. The molecular formula is C14H28N4O. The Morgan fingerprint density at radius 1 is 1.21 bits per heavy atom. The number of nitrogens with two attached hydrogens (primary N) is 1. The molecule has 0 bridgehead atoms. The Balaban J connectivity index is 1.85. The summed E-state index contributed by atoms with van der Waals surface area (Å²) in [5.41, 5.74) is 3.37. The predicted octanol–water partition coefficient (Wildman–Crippen LogP) is 1.50. The Bertz CT molecular complexity index is 290. The molecule has 2 rings (SSSR count). The lowest BCUT2D eigenvalue weighted by Gasteiger charge is -2.44. The first-order valence-corrected chi connectivity index (χ1v) is 7.55. The Kier molecular flexibility index (Phi) is 5.45. The topological polar surface area (TPSA) is 62.9 Å². The summed E-state index contributed by atoms with van der Waals surface area (Å²) in [6, 6.07) is 0. The van der Waals surface area contributed by atoms with E-state index in [2.05, 4.69) is 15.3 Å². The number of aliphatic imine (C=N–C) groups is 1. The Morgan fingerprint density at radius 2 is 1.89 bits per heavy atom. The van der Waals surface area contributed by atoms with Crippen molar-refractivity contribution >= 4 is 5.96 Å². The molecule has 1 saturated heterocycles. The lowest BCUT2D eigenvalue weighted by molar-refractivity contribution is 0.0961. The van der Waals surface area contributed by atoms with Crippen molar-refractivity contribution in [2.75, 3.05) is 33.4 Å². The summed E-state index contributed by atoms with van der Waals surface area (Å²) >= 11 is 0. The highest BCUT2D eigenvalue weighted by Crippen LogP contribution is 2.44. The first kappa shape index (κ1) is 14.6. The van der Waals surface area contributed by atoms with E-state index >= 15 is 0 Å². The quantitative estimate of drug-likeness (QED) is 0.268. The molecule has 1 heterocycles. The van der Waals surface area contributed by atoms with Crippen LogP contribution in [0.1, 0.15) is 44.9 Å². The van der Waals surface area contributed by atoms with Gasteiger partial charge in [-0.15, -0.1) is 0 Å². The van der Waals surface area contributed by atoms with Gasteiger partial charge in [0.2, 0.25) is 5.96 Å². The molecule has 0 aromatic carbocycles. The van der Waals surface area contributed by atoms with Crippen molar-refractivity contribution in [3.63, 3.8) is 0 Å². The van der Waals surface area contributed by atoms with Gasteiger partial charge in [0.15, 0.2) is 0 Å². The molecule has 1 aliphatic heterocycles. The second-order valence-corrected chi connectivity index (χ2v) is 5.89. The number of hydrazine groups is 1. The normalized spacial score (nSPS) is 23.7. The third-order valence-corrected chi connectivity index (χ3v) is 4.72. The predicted molar refractivity (Wildman–Crippen MR) is 77.8 cm³/mol. The highest BCUT2D eigenvalue weighted by Gasteiger charge is 2.36. The molecular weight excluding hydrogens is 240 g/mol. The van der Waals surface area contributed by atoms with Crippen molar-refractivity contribution in [3.8, 4) is 0 Å². The van der Waals surface area contributed by atoms with E-state index in [4.69, 9.17) is 10.6 Å². The van der Waals surface area contributed by atoms with Gasteiger partial charge < -0.3 is 9.64 Å². The van der Waals surface area contributed by atoms with Gasteiger partial charge in [-0.25, -0.2) is 10.8 Å². The number of hydrogen-bond acceptors (Lipinski definition) is 3. The number of hydrogen-bond donors (Lipinski definition) is 2. The highest BCUT2D eigenvalue weighted by atomic mass is 16.5. The molecule has 1 aliphatic carbocycles. The van der Waals surface area contributed by atoms with Gasteiger partial charge in [0.05, 0.1) is 13.2 Å². The van der Waals surface area contributed by atoms with Crippen molar-refractivity contribution < 1.29 is 4.74 Å². The van der Waals surface area contributed by atoms with Crippen LogP contribution in [-0.2, 0) is 4.74 Å². The standard InChI is InChI=1S/C14H28N4O/c1-19-12-9-16-13(17-15)18-10-7-14(8-11-18)5-3-2-4-6-14/h2-12,15H2,1H3,(H,16,17). The molecule has 2 fully saturated rings. The van der Waals surface area contributed by atoms with Crippen LogP contribution in [0.3, 0.4) is 0 Å². The number of likely N-dealkylation sites (tertiary alicyclic amines) is 1. The average Bonchev–Trinajstić information content (AvgIpc) is 2.46.